The van der Waals surface area contributed by atoms with E-state index in [1.807, 2.05) is 11.3 Å². The Morgan fingerprint density at radius 1 is 1.20 bits per heavy atom. The van der Waals surface area contributed by atoms with Crippen molar-refractivity contribution >= 4 is 17.0 Å². The summed E-state index contributed by atoms with van der Waals surface area (Å²) in [6, 6.07) is 12.0. The first kappa shape index (κ1) is 13.7. The van der Waals surface area contributed by atoms with Gasteiger partial charge in [0.1, 0.15) is 0 Å². The van der Waals surface area contributed by atoms with Crippen LogP contribution in [0.3, 0.4) is 0 Å². The predicted molar refractivity (Wildman–Crippen MR) is 88.8 cm³/mol. The van der Waals surface area contributed by atoms with Crippen molar-refractivity contribution in [1.82, 2.24) is 0 Å². The Balaban J connectivity index is 1.74. The highest BCUT2D eigenvalue weighted by atomic mass is 32.1. The van der Waals surface area contributed by atoms with E-state index in [4.69, 9.17) is 0 Å². The van der Waals surface area contributed by atoms with Crippen LogP contribution in [0.5, 0.6) is 0 Å². The van der Waals surface area contributed by atoms with Crippen LogP contribution in [0.1, 0.15) is 53.6 Å². The number of anilines is 1. The van der Waals surface area contributed by atoms with Gasteiger partial charge in [0, 0.05) is 15.4 Å². The summed E-state index contributed by atoms with van der Waals surface area (Å²) in [4.78, 5) is 2.97. The van der Waals surface area contributed by atoms with Crippen LogP contribution in [0.2, 0.25) is 0 Å². The van der Waals surface area contributed by atoms with Crippen LogP contribution in [0.25, 0.3) is 0 Å². The second kappa shape index (κ2) is 6.01. The number of benzene rings is 1. The van der Waals surface area contributed by atoms with Crippen molar-refractivity contribution in [2.75, 3.05) is 5.32 Å². The molecule has 3 rings (SSSR count). The average Bonchev–Trinajstić information content (AvgIpc) is 3.10. The van der Waals surface area contributed by atoms with Gasteiger partial charge in [-0.1, -0.05) is 32.4 Å². The summed E-state index contributed by atoms with van der Waals surface area (Å²) < 4.78 is 0. The predicted octanol–water partition coefficient (Wildman–Crippen LogP) is 5.36. The molecule has 0 aliphatic carbocycles. The van der Waals surface area contributed by atoms with Crippen LogP contribution in [0.4, 0.5) is 5.69 Å². The second-order valence-electron chi connectivity index (χ2n) is 5.65. The van der Waals surface area contributed by atoms with E-state index in [1.54, 1.807) is 0 Å². The van der Waals surface area contributed by atoms with Gasteiger partial charge in [-0.05, 0) is 55.0 Å². The number of aryl methyl sites for hydroxylation is 2. The molecule has 1 aliphatic rings. The maximum Gasteiger partial charge on any atom is 0.0647 e. The minimum atomic E-state index is 0.483. The van der Waals surface area contributed by atoms with Gasteiger partial charge in [-0.3, -0.25) is 0 Å². The van der Waals surface area contributed by atoms with E-state index >= 15 is 0 Å². The van der Waals surface area contributed by atoms with Crippen LogP contribution in [0.15, 0.2) is 30.3 Å². The fourth-order valence-electron chi connectivity index (χ4n) is 2.90. The minimum Gasteiger partial charge on any atom is -0.377 e. The quantitative estimate of drug-likeness (QED) is 0.779. The van der Waals surface area contributed by atoms with Crippen molar-refractivity contribution in [1.29, 1.82) is 0 Å². The molecule has 1 nitrogen and oxygen atoms in total. The van der Waals surface area contributed by atoms with Crippen molar-refractivity contribution in [3.63, 3.8) is 0 Å². The third-order valence-electron chi connectivity index (χ3n) is 4.12. The molecular formula is C18H23NS. The van der Waals surface area contributed by atoms with Gasteiger partial charge in [0.15, 0.2) is 0 Å². The maximum atomic E-state index is 3.68. The fraction of sp³-hybridized carbons (Fsp3) is 0.444. The summed E-state index contributed by atoms with van der Waals surface area (Å²) in [5.74, 6) is 0. The molecule has 1 atom stereocenters. The number of thiophene rings is 1. The van der Waals surface area contributed by atoms with E-state index in [0.29, 0.717) is 6.04 Å². The Hall–Kier alpha value is -1.28. The molecule has 1 aromatic carbocycles. The number of nitrogens with one attached hydrogen (secondary N) is 1. The van der Waals surface area contributed by atoms with E-state index in [0.717, 1.165) is 12.8 Å². The molecule has 0 bridgehead atoms. The van der Waals surface area contributed by atoms with Crippen molar-refractivity contribution < 1.29 is 0 Å². The molecule has 2 aromatic rings. The third kappa shape index (κ3) is 2.76. The monoisotopic (exact) mass is 285 g/mol. The Bertz CT molecular complexity index is 585. The van der Waals surface area contributed by atoms with Crippen molar-refractivity contribution in [3.8, 4) is 0 Å². The van der Waals surface area contributed by atoms with Crippen LogP contribution >= 0.6 is 11.3 Å². The van der Waals surface area contributed by atoms with Gasteiger partial charge in [0.05, 0.1) is 6.04 Å². The summed E-state index contributed by atoms with van der Waals surface area (Å²) in [5.41, 5.74) is 4.32. The van der Waals surface area contributed by atoms with E-state index in [-0.39, 0.29) is 0 Å². The van der Waals surface area contributed by atoms with Crippen LogP contribution in [0, 0.1) is 0 Å². The zero-order chi connectivity index (χ0) is 13.9. The topological polar surface area (TPSA) is 12.0 Å². The fourth-order valence-corrected chi connectivity index (χ4v) is 3.90. The second-order valence-corrected chi connectivity index (χ2v) is 6.85. The Morgan fingerprint density at radius 2 is 2.10 bits per heavy atom. The Kier molecular flexibility index (Phi) is 4.11. The van der Waals surface area contributed by atoms with E-state index in [1.165, 1.54) is 45.8 Å². The first-order valence-corrected chi connectivity index (χ1v) is 8.58. The van der Waals surface area contributed by atoms with Gasteiger partial charge in [-0.25, -0.2) is 0 Å². The average molecular weight is 285 g/mol. The minimum absolute atomic E-state index is 0.483. The normalized spacial score (nSPS) is 17.0. The molecule has 106 valence electrons. The van der Waals surface area contributed by atoms with Gasteiger partial charge in [-0.15, -0.1) is 11.3 Å². The smallest absolute Gasteiger partial charge is 0.0647 e. The molecule has 0 saturated carbocycles. The number of rotatable bonds is 5. The largest absolute Gasteiger partial charge is 0.377 e. The molecule has 0 saturated heterocycles. The van der Waals surface area contributed by atoms with Crippen LogP contribution < -0.4 is 5.32 Å². The summed E-state index contributed by atoms with van der Waals surface area (Å²) in [6.45, 7) is 4.49. The summed E-state index contributed by atoms with van der Waals surface area (Å²) in [6.07, 6.45) is 6.06. The molecule has 0 amide bonds. The van der Waals surface area contributed by atoms with Gasteiger partial charge in [0.2, 0.25) is 0 Å². The SMILES string of the molecule is CCCCc1ccc2c(c1)CC(c1ccc(CC)s1)N2. The molecule has 1 N–H and O–H groups in total. The molecule has 0 spiro atoms. The third-order valence-corrected chi connectivity index (χ3v) is 5.46. The summed E-state index contributed by atoms with van der Waals surface area (Å²) in [7, 11) is 0. The summed E-state index contributed by atoms with van der Waals surface area (Å²) in [5, 5.41) is 3.68. The van der Waals surface area contributed by atoms with E-state index in [9.17, 15) is 0 Å². The molecule has 2 heterocycles. The zero-order valence-corrected chi connectivity index (χ0v) is 13.2. The lowest BCUT2D eigenvalue weighted by Gasteiger charge is -2.08. The molecule has 0 radical (unpaired) electrons. The van der Waals surface area contributed by atoms with Gasteiger partial charge < -0.3 is 5.32 Å². The van der Waals surface area contributed by atoms with Crippen molar-refractivity contribution in [2.45, 2.75) is 52.0 Å². The Labute approximate surface area is 126 Å². The number of hydrogen-bond donors (Lipinski definition) is 1. The molecule has 0 fully saturated rings. The highest BCUT2D eigenvalue weighted by Gasteiger charge is 2.23. The summed E-state index contributed by atoms with van der Waals surface area (Å²) >= 11 is 1.96. The molecule has 1 unspecified atom stereocenters. The zero-order valence-electron chi connectivity index (χ0n) is 12.4. The molecular weight excluding hydrogens is 262 g/mol. The van der Waals surface area contributed by atoms with Crippen molar-refractivity contribution in [3.05, 3.63) is 51.2 Å². The number of hydrogen-bond acceptors (Lipinski definition) is 2. The number of unbranched alkanes of at least 4 members (excludes halogenated alkanes) is 1. The highest BCUT2D eigenvalue weighted by Crippen LogP contribution is 2.37. The van der Waals surface area contributed by atoms with Crippen LogP contribution in [-0.4, -0.2) is 0 Å². The van der Waals surface area contributed by atoms with Crippen LogP contribution in [-0.2, 0) is 19.3 Å². The lowest BCUT2D eigenvalue weighted by molar-refractivity contribution is 0.793. The maximum absolute atomic E-state index is 3.68. The standard InChI is InChI=1S/C18H23NS/c1-3-5-6-13-7-9-16-14(11-13)12-17(19-16)18-10-8-15(4-2)20-18/h7-11,17,19H,3-6,12H2,1-2H3. The lowest BCUT2D eigenvalue weighted by atomic mass is 10.0. The van der Waals surface area contributed by atoms with E-state index in [2.05, 4.69) is 49.5 Å². The first-order chi connectivity index (χ1) is 9.80. The number of fused-ring (bicyclic) bond motifs is 1. The molecule has 20 heavy (non-hydrogen) atoms. The Morgan fingerprint density at radius 3 is 2.85 bits per heavy atom. The first-order valence-electron chi connectivity index (χ1n) is 7.77. The molecule has 1 aliphatic heterocycles. The van der Waals surface area contributed by atoms with Gasteiger partial charge in [0.25, 0.3) is 0 Å². The highest BCUT2D eigenvalue weighted by molar-refractivity contribution is 7.12. The lowest BCUT2D eigenvalue weighted by Crippen LogP contribution is -2.02. The van der Waals surface area contributed by atoms with Gasteiger partial charge in [-0.2, -0.15) is 0 Å². The molecule has 2 heteroatoms. The van der Waals surface area contributed by atoms with Gasteiger partial charge >= 0.3 is 0 Å². The van der Waals surface area contributed by atoms with Crippen molar-refractivity contribution in [2.24, 2.45) is 0 Å². The van der Waals surface area contributed by atoms with E-state index < -0.39 is 0 Å². The molecule has 1 aromatic heterocycles.